The first-order valence-corrected chi connectivity index (χ1v) is 9.25. The number of hydrogen-bond donors (Lipinski definition) is 1. The second-order valence-corrected chi connectivity index (χ2v) is 7.82. The summed E-state index contributed by atoms with van der Waals surface area (Å²) in [4.78, 5) is 35.4. The van der Waals surface area contributed by atoms with Crippen LogP contribution in [0.5, 0.6) is 0 Å². The van der Waals surface area contributed by atoms with Gasteiger partial charge in [-0.1, -0.05) is 38.0 Å². The van der Waals surface area contributed by atoms with Gasteiger partial charge in [-0.3, -0.25) is 9.59 Å². The Hall–Kier alpha value is -1.91. The van der Waals surface area contributed by atoms with Gasteiger partial charge in [-0.15, -0.1) is 0 Å². The smallest absolute Gasteiger partial charge is 0.331 e. The zero-order valence-corrected chi connectivity index (χ0v) is 14.7. The zero-order valence-electron chi connectivity index (χ0n) is 14.7. The molecule has 0 radical (unpaired) electrons. The van der Waals surface area contributed by atoms with E-state index in [2.05, 4.69) is 19.6 Å². The number of carbonyl (C=O) groups is 3. The van der Waals surface area contributed by atoms with Crippen molar-refractivity contribution in [3.63, 3.8) is 0 Å². The predicted octanol–water partition coefficient (Wildman–Crippen LogP) is 3.50. The number of ether oxygens (including phenoxy) is 1. The number of carbonyl (C=O) groups excluding carboxylic acids is 2. The van der Waals surface area contributed by atoms with Gasteiger partial charge in [-0.2, -0.15) is 0 Å². The summed E-state index contributed by atoms with van der Waals surface area (Å²) in [6, 6.07) is 0. The van der Waals surface area contributed by atoms with Gasteiger partial charge in [0, 0.05) is 5.57 Å². The first-order valence-electron chi connectivity index (χ1n) is 9.25. The van der Waals surface area contributed by atoms with Crippen LogP contribution in [0.25, 0.3) is 0 Å². The maximum absolute atomic E-state index is 12.2. The lowest BCUT2D eigenvalue weighted by molar-refractivity contribution is -0.154. The van der Waals surface area contributed by atoms with E-state index in [0.29, 0.717) is 12.3 Å². The minimum Gasteiger partial charge on any atom is -0.478 e. The van der Waals surface area contributed by atoms with Gasteiger partial charge in [0.2, 0.25) is 0 Å². The van der Waals surface area contributed by atoms with Gasteiger partial charge in [0.15, 0.2) is 0 Å². The molecule has 3 aliphatic rings. The van der Waals surface area contributed by atoms with Crippen LogP contribution in [-0.2, 0) is 19.1 Å². The fraction of sp³-hybridized carbons (Fsp3) is 0.650. The normalized spacial score (nSPS) is 35.9. The molecular formula is C20H26O5. The number of cyclic esters (lactones) is 2. The van der Waals surface area contributed by atoms with E-state index in [4.69, 9.17) is 4.74 Å². The third-order valence-corrected chi connectivity index (χ3v) is 6.28. The molecule has 0 amide bonds. The Morgan fingerprint density at radius 2 is 1.84 bits per heavy atom. The first kappa shape index (κ1) is 17.9. The molecule has 5 atom stereocenters. The van der Waals surface area contributed by atoms with Crippen molar-refractivity contribution in [2.45, 2.75) is 51.9 Å². The summed E-state index contributed by atoms with van der Waals surface area (Å²) in [6.07, 6.45) is 7.82. The van der Waals surface area contributed by atoms with E-state index in [1.807, 2.05) is 0 Å². The highest BCUT2D eigenvalue weighted by atomic mass is 16.6. The van der Waals surface area contributed by atoms with Crippen LogP contribution >= 0.6 is 0 Å². The number of fused-ring (bicyclic) bond motifs is 3. The number of carboxylic acid groups (broad SMARTS) is 1. The Morgan fingerprint density at radius 3 is 2.56 bits per heavy atom. The fourth-order valence-electron chi connectivity index (χ4n) is 4.66. The number of aliphatic carboxylic acids is 1. The molecule has 1 aliphatic heterocycles. The molecule has 0 aromatic rings. The highest BCUT2D eigenvalue weighted by Crippen LogP contribution is 2.46. The van der Waals surface area contributed by atoms with Crippen molar-refractivity contribution in [2.75, 3.05) is 0 Å². The number of carboxylic acids is 1. The molecule has 5 heteroatoms. The standard InChI is InChI=1S/C20H26O5/c1-11-3-5-13(12(2)18(21)22)6-7-14-8-10-16-17(15(14)9-4-11)20(24)25-19(16)23/h8,11,13,15-17H,2-7,9-10H2,1H3,(H,21,22). The first-order chi connectivity index (χ1) is 11.9. The summed E-state index contributed by atoms with van der Waals surface area (Å²) in [5.74, 6) is -1.88. The lowest BCUT2D eigenvalue weighted by Gasteiger charge is -2.33. The monoisotopic (exact) mass is 346 g/mol. The number of allylic oxidation sites excluding steroid dienone is 2. The summed E-state index contributed by atoms with van der Waals surface area (Å²) in [5.41, 5.74) is 1.49. The Balaban J connectivity index is 1.83. The number of esters is 2. The highest BCUT2D eigenvalue weighted by Gasteiger charge is 2.50. The second kappa shape index (κ2) is 7.14. The summed E-state index contributed by atoms with van der Waals surface area (Å²) >= 11 is 0. The molecule has 5 nitrogen and oxygen atoms in total. The summed E-state index contributed by atoms with van der Waals surface area (Å²) < 4.78 is 4.90. The third kappa shape index (κ3) is 3.55. The van der Waals surface area contributed by atoms with Crippen LogP contribution in [0.2, 0.25) is 0 Å². The Morgan fingerprint density at radius 1 is 1.12 bits per heavy atom. The van der Waals surface area contributed by atoms with Gasteiger partial charge in [-0.25, -0.2) is 4.79 Å². The Labute approximate surface area is 148 Å². The van der Waals surface area contributed by atoms with Crippen molar-refractivity contribution in [3.8, 4) is 0 Å². The summed E-state index contributed by atoms with van der Waals surface area (Å²) in [7, 11) is 0. The van der Waals surface area contributed by atoms with Crippen molar-refractivity contribution in [1.82, 2.24) is 0 Å². The molecule has 1 saturated carbocycles. The van der Waals surface area contributed by atoms with E-state index >= 15 is 0 Å². The second-order valence-electron chi connectivity index (χ2n) is 7.82. The van der Waals surface area contributed by atoms with E-state index in [1.54, 1.807) is 0 Å². The van der Waals surface area contributed by atoms with Crippen LogP contribution < -0.4 is 0 Å². The molecule has 1 heterocycles. The number of hydrogen-bond acceptors (Lipinski definition) is 4. The molecule has 136 valence electrons. The van der Waals surface area contributed by atoms with Crippen molar-refractivity contribution >= 4 is 17.9 Å². The Bertz CT molecular complexity index is 632. The van der Waals surface area contributed by atoms with Crippen molar-refractivity contribution in [1.29, 1.82) is 0 Å². The molecule has 1 N–H and O–H groups in total. The van der Waals surface area contributed by atoms with Gasteiger partial charge in [-0.05, 0) is 49.9 Å². The van der Waals surface area contributed by atoms with Crippen molar-refractivity contribution in [2.24, 2.45) is 29.6 Å². The van der Waals surface area contributed by atoms with Gasteiger partial charge in [0.05, 0.1) is 11.8 Å². The molecular weight excluding hydrogens is 320 g/mol. The molecule has 3 rings (SSSR count). The quantitative estimate of drug-likeness (QED) is 0.358. The Kier molecular flexibility index (Phi) is 5.11. The molecule has 0 bridgehead atoms. The maximum Gasteiger partial charge on any atom is 0.331 e. The van der Waals surface area contributed by atoms with Crippen molar-refractivity contribution < 1.29 is 24.2 Å². The molecule has 2 aliphatic carbocycles. The maximum atomic E-state index is 12.2. The molecule has 0 aromatic carbocycles. The van der Waals surface area contributed by atoms with E-state index < -0.39 is 5.97 Å². The van der Waals surface area contributed by atoms with E-state index in [1.165, 1.54) is 5.57 Å². The number of rotatable bonds is 2. The van der Waals surface area contributed by atoms with Gasteiger partial charge in [0.1, 0.15) is 0 Å². The average molecular weight is 346 g/mol. The van der Waals surface area contributed by atoms with Crippen LogP contribution in [0.4, 0.5) is 0 Å². The van der Waals surface area contributed by atoms with Gasteiger partial charge < -0.3 is 9.84 Å². The highest BCUT2D eigenvalue weighted by molar-refractivity contribution is 5.97. The molecule has 1 saturated heterocycles. The van der Waals surface area contributed by atoms with E-state index in [0.717, 1.165) is 38.5 Å². The summed E-state index contributed by atoms with van der Waals surface area (Å²) in [6.45, 7) is 5.94. The third-order valence-electron chi connectivity index (χ3n) is 6.28. The molecule has 0 aromatic heterocycles. The molecule has 0 spiro atoms. The lowest BCUT2D eigenvalue weighted by Crippen LogP contribution is -2.32. The zero-order chi connectivity index (χ0) is 18.1. The predicted molar refractivity (Wildman–Crippen MR) is 91.4 cm³/mol. The van der Waals surface area contributed by atoms with E-state index in [-0.39, 0.29) is 41.2 Å². The molecule has 25 heavy (non-hydrogen) atoms. The van der Waals surface area contributed by atoms with E-state index in [9.17, 15) is 19.5 Å². The minimum atomic E-state index is -0.922. The fourth-order valence-corrected chi connectivity index (χ4v) is 4.66. The average Bonchev–Trinajstić information content (AvgIpc) is 2.87. The van der Waals surface area contributed by atoms with Gasteiger partial charge in [0.25, 0.3) is 0 Å². The minimum absolute atomic E-state index is 0.0329. The molecule has 2 fully saturated rings. The van der Waals surface area contributed by atoms with Gasteiger partial charge >= 0.3 is 17.9 Å². The summed E-state index contributed by atoms with van der Waals surface area (Å²) in [5, 5.41) is 9.29. The van der Waals surface area contributed by atoms with Crippen LogP contribution in [0.3, 0.4) is 0 Å². The molecule has 5 unspecified atom stereocenters. The van der Waals surface area contributed by atoms with Crippen LogP contribution in [0.1, 0.15) is 51.9 Å². The van der Waals surface area contributed by atoms with Crippen LogP contribution in [-0.4, -0.2) is 23.0 Å². The topological polar surface area (TPSA) is 80.7 Å². The van der Waals surface area contributed by atoms with Crippen LogP contribution in [0, 0.1) is 29.6 Å². The largest absolute Gasteiger partial charge is 0.478 e. The van der Waals surface area contributed by atoms with Crippen molar-refractivity contribution in [3.05, 3.63) is 23.8 Å². The SMILES string of the molecule is C=C(C(=O)O)C1CCC2=CCC3C(=O)OC(=O)C3C2CCC(C)CC1. The van der Waals surface area contributed by atoms with Crippen LogP contribution in [0.15, 0.2) is 23.8 Å². The lowest BCUT2D eigenvalue weighted by atomic mass is 9.68.